The molecule has 2 aliphatic heterocycles. The van der Waals surface area contributed by atoms with Crippen molar-refractivity contribution in [2.45, 2.75) is 63.6 Å². The Balaban J connectivity index is 0.00000210. The van der Waals surface area contributed by atoms with Gasteiger partial charge in [0.1, 0.15) is 17.5 Å². The lowest BCUT2D eigenvalue weighted by Gasteiger charge is -2.46. The number of piperazine rings is 1. The molecule has 0 radical (unpaired) electrons. The van der Waals surface area contributed by atoms with Crippen molar-refractivity contribution in [1.82, 2.24) is 14.7 Å². The number of halogens is 2. The van der Waals surface area contributed by atoms with E-state index < -0.39 is 12.0 Å². The van der Waals surface area contributed by atoms with Crippen LogP contribution in [-0.4, -0.2) is 76.5 Å². The summed E-state index contributed by atoms with van der Waals surface area (Å²) in [5.74, 6) is 0.890. The Bertz CT molecular complexity index is 1040. The summed E-state index contributed by atoms with van der Waals surface area (Å²) in [7, 11) is 0. The second kappa shape index (κ2) is 14.9. The van der Waals surface area contributed by atoms with Crippen LogP contribution in [0.15, 0.2) is 54.6 Å². The van der Waals surface area contributed by atoms with E-state index >= 15 is 0 Å². The Labute approximate surface area is 244 Å². The lowest BCUT2D eigenvalue weighted by atomic mass is 9.87. The average Bonchev–Trinajstić information content (AvgIpc) is 2.95. The first-order chi connectivity index (χ1) is 18.1. The monoisotopic (exact) mass is 577 g/mol. The van der Waals surface area contributed by atoms with Crippen LogP contribution in [0.3, 0.4) is 0 Å². The summed E-state index contributed by atoms with van der Waals surface area (Å²) in [4.78, 5) is 31.7. The molecule has 1 saturated carbocycles. The quantitative estimate of drug-likeness (QED) is 0.470. The van der Waals surface area contributed by atoms with Gasteiger partial charge < -0.3 is 14.7 Å². The molecule has 2 heterocycles. The molecule has 0 bridgehead atoms. The van der Waals surface area contributed by atoms with Crippen molar-refractivity contribution in [3.8, 4) is 11.5 Å². The van der Waals surface area contributed by atoms with Crippen LogP contribution in [0.25, 0.3) is 0 Å². The molecule has 2 saturated heterocycles. The van der Waals surface area contributed by atoms with Gasteiger partial charge >= 0.3 is 5.97 Å². The van der Waals surface area contributed by atoms with Crippen molar-refractivity contribution in [1.29, 1.82) is 0 Å². The molecular formula is C30H41Cl2N3O4. The number of rotatable bonds is 7. The summed E-state index contributed by atoms with van der Waals surface area (Å²) in [6.07, 6.45) is 7.22. The third kappa shape index (κ3) is 8.10. The van der Waals surface area contributed by atoms with Crippen LogP contribution >= 0.6 is 24.8 Å². The molecule has 214 valence electrons. The third-order valence-electron chi connectivity index (χ3n) is 8.32. The minimum Gasteiger partial charge on any atom is -0.480 e. The molecule has 1 N–H and O–H groups in total. The average molecular weight is 579 g/mol. The van der Waals surface area contributed by atoms with Gasteiger partial charge in [0.15, 0.2) is 0 Å². The van der Waals surface area contributed by atoms with Gasteiger partial charge in [-0.3, -0.25) is 14.6 Å². The fourth-order valence-corrected chi connectivity index (χ4v) is 6.18. The van der Waals surface area contributed by atoms with Crippen molar-refractivity contribution in [2.24, 2.45) is 5.92 Å². The van der Waals surface area contributed by atoms with Crippen LogP contribution < -0.4 is 4.74 Å². The maximum Gasteiger partial charge on any atom is 0.327 e. The molecule has 2 aromatic carbocycles. The number of hydrogen-bond donors (Lipinski definition) is 1. The number of aliphatic carboxylic acids is 1. The lowest BCUT2D eigenvalue weighted by molar-refractivity contribution is -0.157. The summed E-state index contributed by atoms with van der Waals surface area (Å²) in [5, 5.41) is 9.94. The highest BCUT2D eigenvalue weighted by Gasteiger charge is 2.40. The molecule has 1 aliphatic carbocycles. The maximum atomic E-state index is 13.1. The summed E-state index contributed by atoms with van der Waals surface area (Å²) in [6, 6.07) is 17.8. The Morgan fingerprint density at radius 2 is 1.44 bits per heavy atom. The van der Waals surface area contributed by atoms with E-state index in [4.69, 9.17) is 4.74 Å². The van der Waals surface area contributed by atoms with E-state index in [0.717, 1.165) is 76.2 Å². The van der Waals surface area contributed by atoms with Crippen molar-refractivity contribution in [2.75, 3.05) is 32.7 Å². The van der Waals surface area contributed by atoms with Crippen LogP contribution in [0.4, 0.5) is 0 Å². The van der Waals surface area contributed by atoms with Crippen molar-refractivity contribution < 1.29 is 19.4 Å². The first kappa shape index (κ1) is 31.2. The summed E-state index contributed by atoms with van der Waals surface area (Å²) < 4.78 is 5.90. The Kier molecular flexibility index (Phi) is 11.9. The fraction of sp³-hybridized carbons (Fsp3) is 0.533. The molecule has 7 nitrogen and oxygen atoms in total. The van der Waals surface area contributed by atoms with Crippen molar-refractivity contribution in [3.05, 3.63) is 60.2 Å². The van der Waals surface area contributed by atoms with Gasteiger partial charge in [-0.1, -0.05) is 49.6 Å². The van der Waals surface area contributed by atoms with E-state index in [1.165, 1.54) is 12.0 Å². The third-order valence-corrected chi connectivity index (χ3v) is 8.32. The minimum atomic E-state index is -0.869. The second-order valence-electron chi connectivity index (χ2n) is 10.8. The topological polar surface area (TPSA) is 73.3 Å². The number of hydrogen-bond acceptors (Lipinski definition) is 5. The zero-order chi connectivity index (χ0) is 25.6. The zero-order valence-corrected chi connectivity index (χ0v) is 24.1. The molecule has 1 unspecified atom stereocenters. The van der Waals surface area contributed by atoms with E-state index in [1.54, 1.807) is 4.90 Å². The summed E-state index contributed by atoms with van der Waals surface area (Å²) in [6.45, 7) is 4.64. The van der Waals surface area contributed by atoms with E-state index in [2.05, 4.69) is 21.9 Å². The van der Waals surface area contributed by atoms with Crippen LogP contribution in [0.1, 0.15) is 50.5 Å². The van der Waals surface area contributed by atoms with Crippen molar-refractivity contribution in [3.63, 3.8) is 0 Å². The number of carboxylic acid groups (broad SMARTS) is 1. The molecule has 3 fully saturated rings. The van der Waals surface area contributed by atoms with Gasteiger partial charge in [-0.2, -0.15) is 0 Å². The molecule has 0 spiro atoms. The largest absolute Gasteiger partial charge is 0.480 e. The predicted octanol–water partition coefficient (Wildman–Crippen LogP) is 5.46. The molecule has 0 aromatic heterocycles. The normalized spacial score (nSPS) is 21.4. The fourth-order valence-electron chi connectivity index (χ4n) is 6.18. The van der Waals surface area contributed by atoms with E-state index in [-0.39, 0.29) is 36.6 Å². The highest BCUT2D eigenvalue weighted by molar-refractivity contribution is 5.86. The number of amides is 1. The minimum absolute atomic E-state index is 0. The molecule has 3 aliphatic rings. The van der Waals surface area contributed by atoms with Crippen LogP contribution in [0.5, 0.6) is 11.5 Å². The first-order valence-corrected chi connectivity index (χ1v) is 13.9. The molecule has 1 atom stereocenters. The maximum absolute atomic E-state index is 13.1. The van der Waals surface area contributed by atoms with Gasteiger partial charge in [0.2, 0.25) is 5.91 Å². The van der Waals surface area contributed by atoms with E-state index in [1.807, 2.05) is 42.5 Å². The molecule has 5 rings (SSSR count). The SMILES string of the molecule is Cl.Cl.O=C(O)C1CN(C2CCN(Cc3ccc(Oc4ccccc4)cc3)CC2)CCN1C(=O)C1CCCCC1. The number of para-hydroxylation sites is 1. The highest BCUT2D eigenvalue weighted by atomic mass is 35.5. The number of carboxylic acids is 1. The molecule has 39 heavy (non-hydrogen) atoms. The molecule has 2 aromatic rings. The molecule has 9 heteroatoms. The Morgan fingerprint density at radius 1 is 0.795 bits per heavy atom. The van der Waals surface area contributed by atoms with Gasteiger partial charge in [0.05, 0.1) is 0 Å². The van der Waals surface area contributed by atoms with Crippen molar-refractivity contribution >= 4 is 36.7 Å². The summed E-state index contributed by atoms with van der Waals surface area (Å²) >= 11 is 0. The van der Waals surface area contributed by atoms with Gasteiger partial charge in [0.25, 0.3) is 0 Å². The molecule has 1 amide bonds. The number of nitrogens with zero attached hydrogens (tertiary/aromatic N) is 3. The van der Waals surface area contributed by atoms with Gasteiger partial charge in [-0.25, -0.2) is 4.79 Å². The number of carbonyl (C=O) groups is 2. The van der Waals surface area contributed by atoms with Gasteiger partial charge in [-0.05, 0) is 68.6 Å². The van der Waals surface area contributed by atoms with Crippen LogP contribution in [-0.2, 0) is 16.1 Å². The number of piperidine rings is 1. The number of benzene rings is 2. The first-order valence-electron chi connectivity index (χ1n) is 13.9. The van der Waals surface area contributed by atoms with E-state index in [0.29, 0.717) is 19.1 Å². The van der Waals surface area contributed by atoms with E-state index in [9.17, 15) is 14.7 Å². The van der Waals surface area contributed by atoms with Crippen LogP contribution in [0, 0.1) is 5.92 Å². The Morgan fingerprint density at radius 3 is 2.08 bits per heavy atom. The standard InChI is InChI=1S/C30H39N3O4.2ClH/c34-29(24-7-3-1-4-8-24)33-20-19-32(22-28(33)30(35)36)25-15-17-31(18-16-25)21-23-11-13-27(14-12-23)37-26-9-5-2-6-10-26;;/h2,5-6,9-14,24-25,28H,1,3-4,7-8,15-22H2,(H,35,36);2*1H. The highest BCUT2D eigenvalue weighted by Crippen LogP contribution is 2.29. The number of likely N-dealkylation sites (tertiary alicyclic amines) is 1. The number of carbonyl (C=O) groups excluding carboxylic acids is 1. The smallest absolute Gasteiger partial charge is 0.327 e. The van der Waals surface area contributed by atoms with Crippen LogP contribution in [0.2, 0.25) is 0 Å². The summed E-state index contributed by atoms with van der Waals surface area (Å²) in [5.41, 5.74) is 1.26. The molecular weight excluding hydrogens is 537 g/mol. The van der Waals surface area contributed by atoms with Gasteiger partial charge in [0, 0.05) is 38.1 Å². The zero-order valence-electron chi connectivity index (χ0n) is 22.5. The lowest BCUT2D eigenvalue weighted by Crippen LogP contribution is -2.62. The predicted molar refractivity (Wildman–Crippen MR) is 157 cm³/mol. The number of ether oxygens (including phenoxy) is 1. The second-order valence-corrected chi connectivity index (χ2v) is 10.8. The Hall–Kier alpha value is -2.32. The van der Waals surface area contributed by atoms with Gasteiger partial charge in [-0.15, -0.1) is 24.8 Å².